The largest absolute Gasteiger partial charge is 0.259 e. The molecule has 3 heteroatoms. The molecule has 0 spiro atoms. The van der Waals surface area contributed by atoms with E-state index in [1.807, 2.05) is 6.08 Å². The summed E-state index contributed by atoms with van der Waals surface area (Å²) in [6, 6.07) is 0. The summed E-state index contributed by atoms with van der Waals surface area (Å²) >= 11 is 0. The maximum absolute atomic E-state index is 10.3. The van der Waals surface area contributed by atoms with Gasteiger partial charge in [0.2, 0.25) is 5.70 Å². The molecule has 0 aromatic carbocycles. The third kappa shape index (κ3) is 2.53. The summed E-state index contributed by atoms with van der Waals surface area (Å²) in [4.78, 5) is 10.0. The van der Waals surface area contributed by atoms with Crippen LogP contribution in [-0.4, -0.2) is 4.92 Å². The summed E-state index contributed by atoms with van der Waals surface area (Å²) in [6.45, 7) is 0. The monoisotopic (exact) mass is 153 g/mol. The van der Waals surface area contributed by atoms with E-state index in [9.17, 15) is 10.1 Å². The molecule has 0 saturated carbocycles. The summed E-state index contributed by atoms with van der Waals surface area (Å²) < 4.78 is 0. The molecule has 0 unspecified atom stereocenters. The molecule has 11 heavy (non-hydrogen) atoms. The van der Waals surface area contributed by atoms with Crippen molar-refractivity contribution in [2.75, 3.05) is 0 Å². The van der Waals surface area contributed by atoms with E-state index in [1.54, 1.807) is 12.2 Å². The zero-order valence-corrected chi connectivity index (χ0v) is 6.32. The van der Waals surface area contributed by atoms with Gasteiger partial charge >= 0.3 is 0 Å². The van der Waals surface area contributed by atoms with Crippen LogP contribution in [0.5, 0.6) is 0 Å². The molecule has 1 aliphatic carbocycles. The van der Waals surface area contributed by atoms with Gasteiger partial charge in [0.1, 0.15) is 0 Å². The van der Waals surface area contributed by atoms with E-state index >= 15 is 0 Å². The van der Waals surface area contributed by atoms with Crippen molar-refractivity contribution in [1.82, 2.24) is 0 Å². The van der Waals surface area contributed by atoms with Crippen LogP contribution in [-0.2, 0) is 0 Å². The standard InChI is InChI=1S/C8H11NO2/c10-9(11)8-6-4-2-1-3-5-7-8/h2,4,6H,1,3,5,7H2. The first-order chi connectivity index (χ1) is 5.30. The Morgan fingerprint density at radius 1 is 1.45 bits per heavy atom. The number of hydrogen-bond acceptors (Lipinski definition) is 2. The number of nitro groups is 1. The minimum absolute atomic E-state index is 0.296. The smallest absolute Gasteiger partial charge is 0.246 e. The number of rotatable bonds is 1. The van der Waals surface area contributed by atoms with E-state index in [0.717, 1.165) is 19.3 Å². The van der Waals surface area contributed by atoms with Crippen LogP contribution in [0.4, 0.5) is 0 Å². The molecule has 1 rings (SSSR count). The van der Waals surface area contributed by atoms with Crippen LogP contribution in [0.15, 0.2) is 23.9 Å². The van der Waals surface area contributed by atoms with Crippen LogP contribution >= 0.6 is 0 Å². The van der Waals surface area contributed by atoms with E-state index in [0.29, 0.717) is 12.1 Å². The van der Waals surface area contributed by atoms with E-state index in [2.05, 4.69) is 0 Å². The van der Waals surface area contributed by atoms with Crippen LogP contribution < -0.4 is 0 Å². The van der Waals surface area contributed by atoms with Crippen molar-refractivity contribution in [1.29, 1.82) is 0 Å². The molecular weight excluding hydrogens is 142 g/mol. The second-order valence-electron chi connectivity index (χ2n) is 2.59. The van der Waals surface area contributed by atoms with E-state index in [1.165, 1.54) is 0 Å². The molecular formula is C8H11NO2. The third-order valence-electron chi connectivity index (χ3n) is 1.71. The van der Waals surface area contributed by atoms with Gasteiger partial charge < -0.3 is 0 Å². The van der Waals surface area contributed by atoms with Crippen molar-refractivity contribution >= 4 is 0 Å². The molecule has 60 valence electrons. The highest BCUT2D eigenvalue weighted by atomic mass is 16.6. The highest BCUT2D eigenvalue weighted by molar-refractivity contribution is 5.08. The average molecular weight is 153 g/mol. The van der Waals surface area contributed by atoms with Gasteiger partial charge in [-0.15, -0.1) is 0 Å². The quantitative estimate of drug-likeness (QED) is 0.428. The van der Waals surface area contributed by atoms with Crippen LogP contribution in [0.25, 0.3) is 0 Å². The maximum Gasteiger partial charge on any atom is 0.246 e. The van der Waals surface area contributed by atoms with Gasteiger partial charge in [-0.2, -0.15) is 0 Å². The molecule has 0 N–H and O–H groups in total. The van der Waals surface area contributed by atoms with E-state index in [4.69, 9.17) is 0 Å². The molecule has 0 heterocycles. The first-order valence-electron chi connectivity index (χ1n) is 3.81. The van der Waals surface area contributed by atoms with Crippen molar-refractivity contribution in [2.24, 2.45) is 0 Å². The van der Waals surface area contributed by atoms with Gasteiger partial charge in [0, 0.05) is 12.5 Å². The fourth-order valence-corrected chi connectivity index (χ4v) is 1.08. The molecule has 0 saturated heterocycles. The Balaban J connectivity index is 2.65. The molecule has 1 aliphatic rings. The predicted molar refractivity (Wildman–Crippen MR) is 42.7 cm³/mol. The second-order valence-corrected chi connectivity index (χ2v) is 2.59. The lowest BCUT2D eigenvalue weighted by atomic mass is 10.1. The minimum Gasteiger partial charge on any atom is -0.259 e. The lowest BCUT2D eigenvalue weighted by Crippen LogP contribution is -1.99. The lowest BCUT2D eigenvalue weighted by molar-refractivity contribution is -0.428. The minimum atomic E-state index is -0.296. The Kier molecular flexibility index (Phi) is 2.83. The molecule has 0 fully saturated rings. The normalized spacial score (nSPS) is 18.4. The Labute approximate surface area is 65.6 Å². The Morgan fingerprint density at radius 3 is 3.00 bits per heavy atom. The van der Waals surface area contributed by atoms with Crippen molar-refractivity contribution in [3.63, 3.8) is 0 Å². The number of hydrogen-bond donors (Lipinski definition) is 0. The van der Waals surface area contributed by atoms with Gasteiger partial charge in [-0.1, -0.05) is 12.2 Å². The zero-order chi connectivity index (χ0) is 8.10. The zero-order valence-electron chi connectivity index (χ0n) is 6.32. The van der Waals surface area contributed by atoms with Gasteiger partial charge in [-0.25, -0.2) is 0 Å². The maximum atomic E-state index is 10.3. The molecule has 0 bridgehead atoms. The molecule has 0 aromatic heterocycles. The van der Waals surface area contributed by atoms with Gasteiger partial charge in [-0.3, -0.25) is 10.1 Å². The lowest BCUT2D eigenvalue weighted by Gasteiger charge is -1.99. The van der Waals surface area contributed by atoms with Crippen LogP contribution in [0.2, 0.25) is 0 Å². The van der Waals surface area contributed by atoms with Crippen LogP contribution in [0.1, 0.15) is 25.7 Å². The highest BCUT2D eigenvalue weighted by Gasteiger charge is 2.08. The first-order valence-corrected chi connectivity index (χ1v) is 3.81. The Morgan fingerprint density at radius 2 is 2.27 bits per heavy atom. The molecule has 3 nitrogen and oxygen atoms in total. The van der Waals surface area contributed by atoms with E-state index < -0.39 is 0 Å². The topological polar surface area (TPSA) is 43.1 Å². The molecule has 0 amide bonds. The fraction of sp³-hybridized carbons (Fsp3) is 0.500. The Hall–Kier alpha value is -1.12. The van der Waals surface area contributed by atoms with Gasteiger partial charge in [0.15, 0.2) is 0 Å². The average Bonchev–Trinajstić information content (AvgIpc) is 1.84. The van der Waals surface area contributed by atoms with Gasteiger partial charge in [0.25, 0.3) is 0 Å². The van der Waals surface area contributed by atoms with Crippen molar-refractivity contribution < 1.29 is 4.92 Å². The highest BCUT2D eigenvalue weighted by Crippen LogP contribution is 2.12. The first kappa shape index (κ1) is 7.98. The summed E-state index contributed by atoms with van der Waals surface area (Å²) in [6.07, 6.45) is 8.98. The SMILES string of the molecule is O=[N+]([O-])C1=CC=CCCCC1. The number of nitrogens with zero attached hydrogens (tertiary/aromatic N) is 1. The van der Waals surface area contributed by atoms with E-state index in [-0.39, 0.29) is 4.92 Å². The molecule has 0 atom stereocenters. The number of allylic oxidation sites excluding steroid dienone is 4. The second kappa shape index (κ2) is 3.91. The Bertz CT molecular complexity index is 206. The van der Waals surface area contributed by atoms with Gasteiger partial charge in [-0.05, 0) is 19.3 Å². The molecule has 0 aliphatic heterocycles. The fourth-order valence-electron chi connectivity index (χ4n) is 1.08. The summed E-state index contributed by atoms with van der Waals surface area (Å²) in [7, 11) is 0. The van der Waals surface area contributed by atoms with Crippen molar-refractivity contribution in [3.8, 4) is 0 Å². The molecule has 0 radical (unpaired) electrons. The summed E-state index contributed by atoms with van der Waals surface area (Å²) in [5.41, 5.74) is 0.334. The third-order valence-corrected chi connectivity index (χ3v) is 1.71. The van der Waals surface area contributed by atoms with Gasteiger partial charge in [0.05, 0.1) is 4.92 Å². The summed E-state index contributed by atoms with van der Waals surface area (Å²) in [5, 5.41) is 10.3. The van der Waals surface area contributed by atoms with Crippen LogP contribution in [0, 0.1) is 10.1 Å². The molecule has 0 aromatic rings. The van der Waals surface area contributed by atoms with Crippen LogP contribution in [0.3, 0.4) is 0 Å². The van der Waals surface area contributed by atoms with Crippen molar-refractivity contribution in [2.45, 2.75) is 25.7 Å². The summed E-state index contributed by atoms with van der Waals surface area (Å²) in [5.74, 6) is 0. The van der Waals surface area contributed by atoms with Crippen molar-refractivity contribution in [3.05, 3.63) is 34.0 Å². The predicted octanol–water partition coefficient (Wildman–Crippen LogP) is 2.28.